The molecule has 76 valence electrons. The van der Waals surface area contributed by atoms with E-state index in [9.17, 15) is 10.1 Å². The van der Waals surface area contributed by atoms with Crippen molar-refractivity contribution >= 4 is 0 Å². The van der Waals surface area contributed by atoms with Crippen LogP contribution in [0.15, 0.2) is 11.6 Å². The molecule has 3 heteroatoms. The molecule has 13 heavy (non-hydrogen) atoms. The highest BCUT2D eigenvalue weighted by Crippen LogP contribution is 2.11. The lowest BCUT2D eigenvalue weighted by Gasteiger charge is -2.05. The van der Waals surface area contributed by atoms with Crippen LogP contribution in [0.3, 0.4) is 0 Å². The van der Waals surface area contributed by atoms with Gasteiger partial charge in [-0.1, -0.05) is 18.6 Å². The highest BCUT2D eigenvalue weighted by atomic mass is 16.6. The Morgan fingerprint density at radius 3 is 2.54 bits per heavy atom. The van der Waals surface area contributed by atoms with E-state index in [1.54, 1.807) is 0 Å². The van der Waals surface area contributed by atoms with Crippen LogP contribution in [0.1, 0.15) is 40.0 Å². The Morgan fingerprint density at radius 2 is 2.08 bits per heavy atom. The molecular formula is C10H19NO2. The standard InChI is InChI=1S/C10H19NO2/c1-9(2)5-4-6-10(3)7-8-11(12)13/h5,10H,4,6-8H2,1-3H3. The van der Waals surface area contributed by atoms with E-state index in [1.807, 2.05) is 0 Å². The van der Waals surface area contributed by atoms with Gasteiger partial charge in [0.25, 0.3) is 0 Å². The van der Waals surface area contributed by atoms with Crippen molar-refractivity contribution in [1.82, 2.24) is 0 Å². The molecule has 0 saturated carbocycles. The minimum atomic E-state index is -0.239. The topological polar surface area (TPSA) is 43.1 Å². The minimum Gasteiger partial charge on any atom is -0.265 e. The predicted molar refractivity (Wildman–Crippen MR) is 54.3 cm³/mol. The largest absolute Gasteiger partial charge is 0.265 e. The Kier molecular flexibility index (Phi) is 6.20. The van der Waals surface area contributed by atoms with Gasteiger partial charge in [0.05, 0.1) is 0 Å². The fraction of sp³-hybridized carbons (Fsp3) is 0.800. The molecule has 0 aliphatic heterocycles. The average molecular weight is 185 g/mol. The third-order valence-corrected chi connectivity index (χ3v) is 2.02. The second kappa shape index (κ2) is 6.63. The molecule has 0 bridgehead atoms. The molecule has 1 atom stereocenters. The van der Waals surface area contributed by atoms with Crippen molar-refractivity contribution in [3.63, 3.8) is 0 Å². The molecule has 0 saturated heterocycles. The van der Waals surface area contributed by atoms with Crippen molar-refractivity contribution in [3.8, 4) is 0 Å². The van der Waals surface area contributed by atoms with E-state index in [0.717, 1.165) is 12.8 Å². The summed E-state index contributed by atoms with van der Waals surface area (Å²) < 4.78 is 0. The van der Waals surface area contributed by atoms with Crippen LogP contribution in [0.25, 0.3) is 0 Å². The Morgan fingerprint density at radius 1 is 1.46 bits per heavy atom. The molecule has 0 amide bonds. The van der Waals surface area contributed by atoms with Crippen LogP contribution in [0.5, 0.6) is 0 Å². The van der Waals surface area contributed by atoms with Gasteiger partial charge in [0, 0.05) is 11.3 Å². The summed E-state index contributed by atoms with van der Waals surface area (Å²) in [5.41, 5.74) is 1.32. The molecule has 0 aromatic heterocycles. The van der Waals surface area contributed by atoms with Gasteiger partial charge < -0.3 is 0 Å². The zero-order valence-corrected chi connectivity index (χ0v) is 8.75. The number of nitro groups is 1. The molecule has 0 radical (unpaired) electrons. The molecular weight excluding hydrogens is 166 g/mol. The maximum atomic E-state index is 10.1. The van der Waals surface area contributed by atoms with Crippen LogP contribution in [0.2, 0.25) is 0 Å². The summed E-state index contributed by atoms with van der Waals surface area (Å²) >= 11 is 0. The SMILES string of the molecule is CC(C)=CCCC(C)CC[N+](=O)[O-]. The van der Waals surface area contributed by atoms with Crippen LogP contribution in [0.4, 0.5) is 0 Å². The monoisotopic (exact) mass is 185 g/mol. The number of hydrogen-bond acceptors (Lipinski definition) is 2. The summed E-state index contributed by atoms with van der Waals surface area (Å²) in [5, 5.41) is 10.1. The van der Waals surface area contributed by atoms with Gasteiger partial charge in [-0.15, -0.1) is 0 Å². The Bertz CT molecular complexity index is 183. The van der Waals surface area contributed by atoms with E-state index >= 15 is 0 Å². The number of hydrogen-bond donors (Lipinski definition) is 0. The van der Waals surface area contributed by atoms with Gasteiger partial charge in [0.2, 0.25) is 6.54 Å². The van der Waals surface area contributed by atoms with Crippen molar-refractivity contribution < 1.29 is 4.92 Å². The molecule has 3 nitrogen and oxygen atoms in total. The van der Waals surface area contributed by atoms with Crippen molar-refractivity contribution in [2.24, 2.45) is 5.92 Å². The normalized spacial score (nSPS) is 12.2. The quantitative estimate of drug-likeness (QED) is 0.362. The van der Waals surface area contributed by atoms with Crippen LogP contribution < -0.4 is 0 Å². The van der Waals surface area contributed by atoms with Gasteiger partial charge >= 0.3 is 0 Å². The Balaban J connectivity index is 3.46. The molecule has 1 unspecified atom stereocenters. The predicted octanol–water partition coefficient (Wildman–Crippen LogP) is 3.04. The fourth-order valence-corrected chi connectivity index (χ4v) is 1.13. The van der Waals surface area contributed by atoms with E-state index < -0.39 is 0 Å². The van der Waals surface area contributed by atoms with Gasteiger partial charge in [-0.05, 0) is 32.6 Å². The summed E-state index contributed by atoms with van der Waals surface area (Å²) in [5.74, 6) is 0.459. The van der Waals surface area contributed by atoms with Gasteiger partial charge in [-0.3, -0.25) is 10.1 Å². The van der Waals surface area contributed by atoms with Crippen LogP contribution in [-0.2, 0) is 0 Å². The van der Waals surface area contributed by atoms with E-state index in [0.29, 0.717) is 12.3 Å². The van der Waals surface area contributed by atoms with Crippen molar-refractivity contribution in [1.29, 1.82) is 0 Å². The van der Waals surface area contributed by atoms with E-state index in [1.165, 1.54) is 5.57 Å². The summed E-state index contributed by atoms with van der Waals surface area (Å²) in [4.78, 5) is 9.84. The third kappa shape index (κ3) is 9.05. The highest BCUT2D eigenvalue weighted by molar-refractivity contribution is 4.92. The first-order chi connectivity index (χ1) is 6.02. The molecule has 0 rings (SSSR count). The Labute approximate surface area is 80.0 Å². The minimum absolute atomic E-state index is 0.107. The maximum absolute atomic E-state index is 10.1. The number of allylic oxidation sites excluding steroid dienone is 2. The lowest BCUT2D eigenvalue weighted by atomic mass is 10.0. The Hall–Kier alpha value is -0.860. The van der Waals surface area contributed by atoms with Gasteiger partial charge in [0.15, 0.2) is 0 Å². The first kappa shape index (κ1) is 12.1. The second-order valence-electron chi connectivity index (χ2n) is 3.81. The van der Waals surface area contributed by atoms with E-state index in [-0.39, 0.29) is 11.5 Å². The zero-order valence-electron chi connectivity index (χ0n) is 8.75. The van der Waals surface area contributed by atoms with Crippen LogP contribution in [-0.4, -0.2) is 11.5 Å². The summed E-state index contributed by atoms with van der Waals surface area (Å²) in [6.07, 6.45) is 4.98. The average Bonchev–Trinajstić information content (AvgIpc) is 2.00. The molecule has 0 spiro atoms. The van der Waals surface area contributed by atoms with Gasteiger partial charge in [-0.25, -0.2) is 0 Å². The van der Waals surface area contributed by atoms with Crippen molar-refractivity contribution in [2.45, 2.75) is 40.0 Å². The lowest BCUT2D eigenvalue weighted by Crippen LogP contribution is -2.06. The van der Waals surface area contributed by atoms with E-state index in [2.05, 4.69) is 26.8 Å². The summed E-state index contributed by atoms with van der Waals surface area (Å²) in [6.45, 7) is 6.32. The van der Waals surface area contributed by atoms with E-state index in [4.69, 9.17) is 0 Å². The smallest absolute Gasteiger partial charge is 0.204 e. The van der Waals surface area contributed by atoms with Gasteiger partial charge in [0.1, 0.15) is 0 Å². The lowest BCUT2D eigenvalue weighted by molar-refractivity contribution is -0.481. The summed E-state index contributed by atoms with van der Waals surface area (Å²) in [7, 11) is 0. The molecule has 0 aliphatic carbocycles. The first-order valence-corrected chi connectivity index (χ1v) is 4.77. The fourth-order valence-electron chi connectivity index (χ4n) is 1.13. The molecule has 0 N–H and O–H groups in total. The third-order valence-electron chi connectivity index (χ3n) is 2.02. The zero-order chi connectivity index (χ0) is 10.3. The molecule has 0 heterocycles. The first-order valence-electron chi connectivity index (χ1n) is 4.77. The van der Waals surface area contributed by atoms with Gasteiger partial charge in [-0.2, -0.15) is 0 Å². The molecule has 0 aromatic rings. The van der Waals surface area contributed by atoms with Crippen LogP contribution >= 0.6 is 0 Å². The molecule has 0 aromatic carbocycles. The van der Waals surface area contributed by atoms with Crippen LogP contribution in [0, 0.1) is 16.0 Å². The summed E-state index contributed by atoms with van der Waals surface area (Å²) in [6, 6.07) is 0. The van der Waals surface area contributed by atoms with Crippen molar-refractivity contribution in [2.75, 3.05) is 6.54 Å². The van der Waals surface area contributed by atoms with Crippen molar-refractivity contribution in [3.05, 3.63) is 21.8 Å². The molecule has 0 aliphatic rings. The highest BCUT2D eigenvalue weighted by Gasteiger charge is 2.05. The number of rotatable bonds is 6. The maximum Gasteiger partial charge on any atom is 0.204 e. The number of nitrogens with zero attached hydrogens (tertiary/aromatic N) is 1. The second-order valence-corrected chi connectivity index (χ2v) is 3.81. The molecule has 0 fully saturated rings.